The van der Waals surface area contributed by atoms with E-state index in [4.69, 9.17) is 0 Å². The summed E-state index contributed by atoms with van der Waals surface area (Å²) in [5.41, 5.74) is 5.06. The minimum absolute atomic E-state index is 0.349. The van der Waals surface area contributed by atoms with E-state index in [0.717, 1.165) is 23.5 Å². The Morgan fingerprint density at radius 2 is 1.59 bits per heavy atom. The topological polar surface area (TPSA) is 32.6 Å². The van der Waals surface area contributed by atoms with Crippen LogP contribution >= 0.6 is 0 Å². The van der Waals surface area contributed by atoms with Crippen LogP contribution in [0, 0.1) is 46.3 Å². The van der Waals surface area contributed by atoms with Gasteiger partial charge in [-0.25, -0.2) is 0 Å². The molecule has 0 aliphatic heterocycles. The van der Waals surface area contributed by atoms with Crippen LogP contribution in [0.2, 0.25) is 0 Å². The van der Waals surface area contributed by atoms with Crippen molar-refractivity contribution in [3.05, 3.63) is 11.1 Å². The van der Waals surface area contributed by atoms with Gasteiger partial charge in [0.1, 0.15) is 0 Å². The highest BCUT2D eigenvalue weighted by Crippen LogP contribution is 2.66. The molecule has 0 aromatic rings. The standard InChI is InChI=1S/C20H31NO/c1-10-13-7-12(19(10,3)4)8-15(13)17-16-9-14(18(17)21-22)11(2)20(16,5)6/h10-14,16,22H,7-9H2,1-6H3/b17-15-,21-18-/t10-,11+,12-,13+,14-,16+/m0/s1. The van der Waals surface area contributed by atoms with Crippen molar-refractivity contribution < 1.29 is 5.21 Å². The summed E-state index contributed by atoms with van der Waals surface area (Å²) in [6.45, 7) is 14.6. The SMILES string of the molecule is C[C@@H]1[C@@H]2C[C@H](C(=C3\C[C@@H]4C[C@@H]3[C@H](C)C4(C)C)/C2=N\O)C1(C)C. The highest BCUT2D eigenvalue weighted by Gasteiger charge is 2.60. The van der Waals surface area contributed by atoms with Crippen molar-refractivity contribution in [3.63, 3.8) is 0 Å². The largest absolute Gasteiger partial charge is 0.411 e. The molecule has 4 bridgehead atoms. The number of hydrogen-bond donors (Lipinski definition) is 1. The third-order valence-electron chi connectivity index (χ3n) is 8.88. The molecule has 0 heterocycles. The van der Waals surface area contributed by atoms with Gasteiger partial charge in [-0.3, -0.25) is 0 Å². The maximum atomic E-state index is 9.70. The van der Waals surface area contributed by atoms with Crippen molar-refractivity contribution in [2.75, 3.05) is 0 Å². The molecule has 1 N–H and O–H groups in total. The average molecular weight is 301 g/mol. The quantitative estimate of drug-likeness (QED) is 0.488. The molecule has 0 unspecified atom stereocenters. The van der Waals surface area contributed by atoms with E-state index in [1.807, 2.05) is 0 Å². The number of oxime groups is 1. The van der Waals surface area contributed by atoms with Gasteiger partial charge in [-0.2, -0.15) is 0 Å². The zero-order valence-electron chi connectivity index (χ0n) is 15.0. The summed E-state index contributed by atoms with van der Waals surface area (Å²) in [5.74, 6) is 4.04. The Balaban J connectivity index is 1.81. The molecule has 2 heteroatoms. The van der Waals surface area contributed by atoms with Crippen molar-refractivity contribution in [1.82, 2.24) is 0 Å². The second-order valence-electron chi connectivity index (χ2n) is 9.78. The van der Waals surface area contributed by atoms with Gasteiger partial charge in [-0.15, -0.1) is 0 Å². The Hall–Kier alpha value is -0.790. The van der Waals surface area contributed by atoms with Crippen molar-refractivity contribution in [2.24, 2.45) is 51.5 Å². The van der Waals surface area contributed by atoms with E-state index in [0.29, 0.717) is 28.6 Å². The molecular weight excluding hydrogens is 270 g/mol. The van der Waals surface area contributed by atoms with Gasteiger partial charge < -0.3 is 5.21 Å². The zero-order chi connectivity index (χ0) is 16.0. The molecule has 4 aliphatic rings. The first kappa shape index (κ1) is 14.8. The van der Waals surface area contributed by atoms with Crippen LogP contribution in [0.1, 0.15) is 60.8 Å². The maximum Gasteiger partial charge on any atom is 0.0864 e. The monoisotopic (exact) mass is 301 g/mol. The molecule has 2 nitrogen and oxygen atoms in total. The smallest absolute Gasteiger partial charge is 0.0864 e. The lowest BCUT2D eigenvalue weighted by atomic mass is 9.62. The number of allylic oxidation sites excluding steroid dienone is 2. The van der Waals surface area contributed by atoms with Crippen LogP contribution in [0.3, 0.4) is 0 Å². The van der Waals surface area contributed by atoms with E-state index < -0.39 is 0 Å². The summed E-state index contributed by atoms with van der Waals surface area (Å²) in [7, 11) is 0. The Kier molecular flexibility index (Phi) is 2.81. The molecule has 4 aliphatic carbocycles. The van der Waals surface area contributed by atoms with Crippen molar-refractivity contribution in [2.45, 2.75) is 60.8 Å². The fourth-order valence-corrected chi connectivity index (χ4v) is 6.55. The molecule has 0 spiro atoms. The molecule has 122 valence electrons. The first-order valence-electron chi connectivity index (χ1n) is 9.16. The highest BCUT2D eigenvalue weighted by molar-refractivity contribution is 6.06. The molecule has 4 rings (SSSR count). The molecule has 0 radical (unpaired) electrons. The summed E-state index contributed by atoms with van der Waals surface area (Å²) in [6.07, 6.45) is 3.82. The predicted octanol–water partition coefficient (Wildman–Crippen LogP) is 5.13. The fraction of sp³-hybridized carbons (Fsp3) is 0.850. The van der Waals surface area contributed by atoms with E-state index in [1.54, 1.807) is 5.57 Å². The second kappa shape index (κ2) is 4.19. The molecule has 0 aromatic carbocycles. The normalized spacial score (nSPS) is 52.9. The lowest BCUT2D eigenvalue weighted by molar-refractivity contribution is 0.160. The van der Waals surface area contributed by atoms with Crippen LogP contribution in [0.15, 0.2) is 16.3 Å². The molecule has 4 fully saturated rings. The molecule has 0 saturated heterocycles. The van der Waals surface area contributed by atoms with Gasteiger partial charge in [0.2, 0.25) is 0 Å². The predicted molar refractivity (Wildman–Crippen MR) is 89.9 cm³/mol. The van der Waals surface area contributed by atoms with Crippen LogP contribution in [0.4, 0.5) is 0 Å². The molecular formula is C20H31NO. The molecule has 6 atom stereocenters. The lowest BCUT2D eigenvalue weighted by Gasteiger charge is -2.42. The third-order valence-corrected chi connectivity index (χ3v) is 8.88. The first-order chi connectivity index (χ1) is 10.2. The van der Waals surface area contributed by atoms with Gasteiger partial charge in [0.15, 0.2) is 0 Å². The van der Waals surface area contributed by atoms with Gasteiger partial charge in [-0.1, -0.05) is 52.3 Å². The van der Waals surface area contributed by atoms with E-state index in [1.165, 1.54) is 24.8 Å². The van der Waals surface area contributed by atoms with Crippen LogP contribution in [0.25, 0.3) is 0 Å². The molecule has 4 saturated carbocycles. The summed E-state index contributed by atoms with van der Waals surface area (Å²) in [5, 5.41) is 13.5. The highest BCUT2D eigenvalue weighted by atomic mass is 16.4. The Bertz CT molecular complexity index is 579. The average Bonchev–Trinajstić information content (AvgIpc) is 3.14. The van der Waals surface area contributed by atoms with Gasteiger partial charge in [0, 0.05) is 5.92 Å². The van der Waals surface area contributed by atoms with Crippen LogP contribution < -0.4 is 0 Å². The number of nitrogens with zero attached hydrogens (tertiary/aromatic N) is 1. The minimum Gasteiger partial charge on any atom is -0.411 e. The second-order valence-corrected chi connectivity index (χ2v) is 9.78. The Morgan fingerprint density at radius 1 is 0.955 bits per heavy atom. The van der Waals surface area contributed by atoms with E-state index in [-0.39, 0.29) is 0 Å². The number of fused-ring (bicyclic) bond motifs is 4. The van der Waals surface area contributed by atoms with Crippen molar-refractivity contribution in [1.29, 1.82) is 0 Å². The molecule has 22 heavy (non-hydrogen) atoms. The maximum absolute atomic E-state index is 9.70. The van der Waals surface area contributed by atoms with Crippen LogP contribution in [-0.2, 0) is 0 Å². The third kappa shape index (κ3) is 1.50. The van der Waals surface area contributed by atoms with Crippen molar-refractivity contribution >= 4 is 5.71 Å². The summed E-state index contributed by atoms with van der Waals surface area (Å²) >= 11 is 0. The molecule has 0 amide bonds. The van der Waals surface area contributed by atoms with E-state index in [2.05, 4.69) is 46.7 Å². The molecule has 0 aromatic heterocycles. The van der Waals surface area contributed by atoms with E-state index in [9.17, 15) is 5.21 Å². The van der Waals surface area contributed by atoms with Crippen LogP contribution in [0.5, 0.6) is 0 Å². The first-order valence-corrected chi connectivity index (χ1v) is 9.16. The summed E-state index contributed by atoms with van der Waals surface area (Å²) < 4.78 is 0. The summed E-state index contributed by atoms with van der Waals surface area (Å²) in [4.78, 5) is 0. The van der Waals surface area contributed by atoms with Crippen molar-refractivity contribution in [3.8, 4) is 0 Å². The number of rotatable bonds is 0. The van der Waals surface area contributed by atoms with Crippen LogP contribution in [-0.4, -0.2) is 10.9 Å². The zero-order valence-corrected chi connectivity index (χ0v) is 15.0. The fourth-order valence-electron chi connectivity index (χ4n) is 6.55. The van der Waals surface area contributed by atoms with Gasteiger partial charge in [-0.05, 0) is 65.3 Å². The number of hydrogen-bond acceptors (Lipinski definition) is 2. The van der Waals surface area contributed by atoms with E-state index >= 15 is 0 Å². The minimum atomic E-state index is 0.349. The van der Waals surface area contributed by atoms with Gasteiger partial charge in [0.25, 0.3) is 0 Å². The van der Waals surface area contributed by atoms with Gasteiger partial charge in [0.05, 0.1) is 5.71 Å². The summed E-state index contributed by atoms with van der Waals surface area (Å²) in [6, 6.07) is 0. The Morgan fingerprint density at radius 3 is 2.14 bits per heavy atom. The van der Waals surface area contributed by atoms with Gasteiger partial charge >= 0.3 is 0 Å². The Labute approximate surface area is 135 Å². The lowest BCUT2D eigenvalue weighted by Crippen LogP contribution is -2.37.